The summed E-state index contributed by atoms with van der Waals surface area (Å²) in [5.41, 5.74) is 0.486. The van der Waals surface area contributed by atoms with Gasteiger partial charge in [-0.05, 0) is 19.7 Å². The summed E-state index contributed by atoms with van der Waals surface area (Å²) in [7, 11) is 1.75. The predicted octanol–water partition coefficient (Wildman–Crippen LogP) is 1.83. The number of rotatable bonds is 5. The van der Waals surface area contributed by atoms with Crippen LogP contribution in [0.1, 0.15) is 18.5 Å². The molecule has 0 saturated heterocycles. The van der Waals surface area contributed by atoms with Crippen LogP contribution in [0.5, 0.6) is 0 Å². The van der Waals surface area contributed by atoms with Crippen LogP contribution >= 0.6 is 0 Å². The molecule has 1 rings (SSSR count). The highest BCUT2D eigenvalue weighted by molar-refractivity contribution is 5.22. The van der Waals surface area contributed by atoms with Crippen LogP contribution in [-0.2, 0) is 0 Å². The zero-order valence-corrected chi connectivity index (χ0v) is 8.98. The first-order valence-corrected chi connectivity index (χ1v) is 5.02. The van der Waals surface area contributed by atoms with E-state index in [9.17, 15) is 8.78 Å². The van der Waals surface area contributed by atoms with Crippen LogP contribution in [0.4, 0.5) is 8.78 Å². The van der Waals surface area contributed by atoms with Gasteiger partial charge >= 0.3 is 0 Å². The van der Waals surface area contributed by atoms with Crippen LogP contribution in [-0.4, -0.2) is 20.1 Å². The van der Waals surface area contributed by atoms with Gasteiger partial charge in [-0.2, -0.15) is 0 Å². The Morgan fingerprint density at radius 2 is 2.07 bits per heavy atom. The fraction of sp³-hybridized carbons (Fsp3) is 0.455. The van der Waals surface area contributed by atoms with Gasteiger partial charge in [-0.3, -0.25) is 0 Å². The smallest absolute Gasteiger partial charge is 0.130 e. The van der Waals surface area contributed by atoms with Gasteiger partial charge in [0.2, 0.25) is 0 Å². The molecule has 84 valence electrons. The van der Waals surface area contributed by atoms with Crippen molar-refractivity contribution in [3.8, 4) is 0 Å². The van der Waals surface area contributed by atoms with Crippen LogP contribution in [0.2, 0.25) is 0 Å². The molecule has 0 heterocycles. The average molecular weight is 214 g/mol. The van der Waals surface area contributed by atoms with E-state index in [4.69, 9.17) is 0 Å². The molecule has 1 atom stereocenters. The lowest BCUT2D eigenvalue weighted by Gasteiger charge is -2.17. The molecule has 0 aliphatic carbocycles. The number of benzene rings is 1. The Morgan fingerprint density at radius 3 is 2.60 bits per heavy atom. The van der Waals surface area contributed by atoms with Crippen molar-refractivity contribution < 1.29 is 8.78 Å². The number of hydrogen-bond acceptors (Lipinski definition) is 2. The Morgan fingerprint density at radius 1 is 1.33 bits per heavy atom. The summed E-state index contributed by atoms with van der Waals surface area (Å²) < 4.78 is 26.1. The largest absolute Gasteiger partial charge is 0.315 e. The normalized spacial score (nSPS) is 12.8. The molecular weight excluding hydrogens is 198 g/mol. The molecule has 0 bridgehead atoms. The fourth-order valence-corrected chi connectivity index (χ4v) is 1.44. The molecule has 15 heavy (non-hydrogen) atoms. The first-order chi connectivity index (χ1) is 7.19. The summed E-state index contributed by atoms with van der Waals surface area (Å²) in [4.78, 5) is 0. The predicted molar refractivity (Wildman–Crippen MR) is 56.7 cm³/mol. The molecule has 0 aliphatic rings. The van der Waals surface area contributed by atoms with Crippen molar-refractivity contribution in [2.45, 2.75) is 13.0 Å². The van der Waals surface area contributed by atoms with Gasteiger partial charge in [0.25, 0.3) is 0 Å². The Balaban J connectivity index is 2.81. The third-order valence-corrected chi connectivity index (χ3v) is 2.28. The zero-order chi connectivity index (χ0) is 11.3. The monoisotopic (exact) mass is 214 g/mol. The van der Waals surface area contributed by atoms with Crippen LogP contribution < -0.4 is 10.6 Å². The van der Waals surface area contributed by atoms with E-state index >= 15 is 0 Å². The second-order valence-electron chi connectivity index (χ2n) is 3.31. The lowest BCUT2D eigenvalue weighted by atomic mass is 10.1. The molecule has 0 amide bonds. The average Bonchev–Trinajstić information content (AvgIpc) is 2.21. The van der Waals surface area contributed by atoms with Crippen molar-refractivity contribution in [1.82, 2.24) is 10.6 Å². The van der Waals surface area contributed by atoms with Gasteiger partial charge in [-0.15, -0.1) is 0 Å². The highest BCUT2D eigenvalue weighted by Crippen LogP contribution is 2.17. The highest BCUT2D eigenvalue weighted by atomic mass is 19.1. The molecule has 1 aromatic carbocycles. The Labute approximate surface area is 88.7 Å². The first kappa shape index (κ1) is 12.1. The standard InChI is InChI=1S/C11H16F2N2/c1-3-15-7-11(14-2)9-5-4-8(12)6-10(9)13/h4-6,11,14-15H,3,7H2,1-2H3. The molecule has 0 aliphatic heterocycles. The Hall–Kier alpha value is -1.00. The van der Waals surface area contributed by atoms with Crippen molar-refractivity contribution in [2.24, 2.45) is 0 Å². The zero-order valence-electron chi connectivity index (χ0n) is 8.98. The molecule has 0 spiro atoms. The molecule has 2 nitrogen and oxygen atoms in total. The third kappa shape index (κ3) is 3.25. The number of nitrogens with one attached hydrogen (secondary N) is 2. The second-order valence-corrected chi connectivity index (χ2v) is 3.31. The number of hydrogen-bond donors (Lipinski definition) is 2. The minimum absolute atomic E-state index is 0.134. The van der Waals surface area contributed by atoms with Gasteiger partial charge in [0.1, 0.15) is 11.6 Å². The van der Waals surface area contributed by atoms with E-state index in [0.717, 1.165) is 12.6 Å². The molecular formula is C11H16F2N2. The summed E-state index contributed by atoms with van der Waals surface area (Å²) >= 11 is 0. The van der Waals surface area contributed by atoms with Gasteiger partial charge in [0.05, 0.1) is 0 Å². The van der Waals surface area contributed by atoms with Crippen LogP contribution in [0, 0.1) is 11.6 Å². The Bertz CT molecular complexity index is 315. The van der Waals surface area contributed by atoms with Gasteiger partial charge < -0.3 is 10.6 Å². The van der Waals surface area contributed by atoms with Crippen LogP contribution in [0.3, 0.4) is 0 Å². The van der Waals surface area contributed by atoms with Gasteiger partial charge in [-0.25, -0.2) is 8.78 Å². The molecule has 2 N–H and O–H groups in total. The molecule has 0 fully saturated rings. The maximum Gasteiger partial charge on any atom is 0.130 e. The Kier molecular flexibility index (Phi) is 4.65. The molecule has 4 heteroatoms. The SMILES string of the molecule is CCNCC(NC)c1ccc(F)cc1F. The van der Waals surface area contributed by atoms with Crippen LogP contribution in [0.25, 0.3) is 0 Å². The van der Waals surface area contributed by atoms with Crippen molar-refractivity contribution in [3.63, 3.8) is 0 Å². The second kappa shape index (κ2) is 5.78. The lowest BCUT2D eigenvalue weighted by molar-refractivity contribution is 0.498. The minimum atomic E-state index is -0.547. The van der Waals surface area contributed by atoms with Gasteiger partial charge in [0, 0.05) is 24.2 Å². The fourth-order valence-electron chi connectivity index (χ4n) is 1.44. The van der Waals surface area contributed by atoms with E-state index in [2.05, 4.69) is 10.6 Å². The van der Waals surface area contributed by atoms with Crippen molar-refractivity contribution >= 4 is 0 Å². The van der Waals surface area contributed by atoms with Crippen LogP contribution in [0.15, 0.2) is 18.2 Å². The van der Waals surface area contributed by atoms with Gasteiger partial charge in [-0.1, -0.05) is 13.0 Å². The van der Waals surface area contributed by atoms with Crippen molar-refractivity contribution in [1.29, 1.82) is 0 Å². The highest BCUT2D eigenvalue weighted by Gasteiger charge is 2.13. The van der Waals surface area contributed by atoms with E-state index in [1.807, 2.05) is 6.92 Å². The third-order valence-electron chi connectivity index (χ3n) is 2.28. The number of halogens is 2. The molecule has 0 radical (unpaired) electrons. The van der Waals surface area contributed by atoms with E-state index in [1.54, 1.807) is 7.05 Å². The molecule has 1 aromatic rings. The lowest BCUT2D eigenvalue weighted by Crippen LogP contribution is -2.30. The quantitative estimate of drug-likeness (QED) is 0.781. The van der Waals surface area contributed by atoms with Gasteiger partial charge in [0.15, 0.2) is 0 Å². The van der Waals surface area contributed by atoms with E-state index in [-0.39, 0.29) is 6.04 Å². The molecule has 0 aromatic heterocycles. The van der Waals surface area contributed by atoms with E-state index in [1.165, 1.54) is 12.1 Å². The topological polar surface area (TPSA) is 24.1 Å². The minimum Gasteiger partial charge on any atom is -0.315 e. The molecule has 1 unspecified atom stereocenters. The first-order valence-electron chi connectivity index (χ1n) is 5.02. The summed E-state index contributed by atoms with van der Waals surface area (Å²) in [6.07, 6.45) is 0. The van der Waals surface area contributed by atoms with Crippen molar-refractivity contribution in [3.05, 3.63) is 35.4 Å². The van der Waals surface area contributed by atoms with E-state index in [0.29, 0.717) is 12.1 Å². The maximum absolute atomic E-state index is 13.4. The molecule has 0 saturated carbocycles. The summed E-state index contributed by atoms with van der Waals surface area (Å²) in [6.45, 7) is 3.42. The summed E-state index contributed by atoms with van der Waals surface area (Å²) in [5.74, 6) is -1.05. The maximum atomic E-state index is 13.4. The number of likely N-dealkylation sites (N-methyl/N-ethyl adjacent to an activating group) is 2. The summed E-state index contributed by atoms with van der Waals surface area (Å²) in [5, 5.41) is 6.11. The van der Waals surface area contributed by atoms with E-state index < -0.39 is 11.6 Å². The van der Waals surface area contributed by atoms with Crippen molar-refractivity contribution in [2.75, 3.05) is 20.1 Å². The summed E-state index contributed by atoms with van der Waals surface area (Å²) in [6, 6.07) is 3.52.